The smallest absolute Gasteiger partial charge is 0.263 e. The van der Waals surface area contributed by atoms with Gasteiger partial charge in [0.05, 0.1) is 16.8 Å². The third-order valence-corrected chi connectivity index (χ3v) is 5.39. The molecule has 3 heterocycles. The lowest BCUT2D eigenvalue weighted by molar-refractivity contribution is -0.131. The monoisotopic (exact) mass is 310 g/mol. The van der Waals surface area contributed by atoms with Crippen LogP contribution in [0.4, 0.5) is 0 Å². The molecule has 1 N–H and O–H groups in total. The van der Waals surface area contributed by atoms with E-state index in [1.807, 2.05) is 11.4 Å². The minimum atomic E-state index is -0.338. The normalized spacial score (nSPS) is 22.7. The van der Waals surface area contributed by atoms with Gasteiger partial charge in [-0.25, -0.2) is 0 Å². The number of amides is 2. The second-order valence-electron chi connectivity index (χ2n) is 4.90. The molecule has 2 fully saturated rings. The Morgan fingerprint density at radius 3 is 2.75 bits per heavy atom. The molecule has 7 heteroatoms. The van der Waals surface area contributed by atoms with Crippen molar-refractivity contribution >= 4 is 40.0 Å². The van der Waals surface area contributed by atoms with Gasteiger partial charge < -0.3 is 10.2 Å². The summed E-state index contributed by atoms with van der Waals surface area (Å²) < 4.78 is 0. The third kappa shape index (κ3) is 2.60. The molecule has 1 aromatic heterocycles. The van der Waals surface area contributed by atoms with Crippen molar-refractivity contribution < 1.29 is 14.4 Å². The number of rotatable bonds is 3. The Hall–Kier alpha value is -1.34. The average Bonchev–Trinajstić information content (AvgIpc) is 3.00. The number of carbonyl (C=O) groups excluding carboxylic acids is 3. The van der Waals surface area contributed by atoms with Crippen molar-refractivity contribution in [2.45, 2.75) is 12.5 Å². The zero-order chi connectivity index (χ0) is 14.1. The van der Waals surface area contributed by atoms with E-state index in [-0.39, 0.29) is 28.9 Å². The van der Waals surface area contributed by atoms with E-state index < -0.39 is 0 Å². The first kappa shape index (κ1) is 13.6. The molecule has 20 heavy (non-hydrogen) atoms. The van der Waals surface area contributed by atoms with Gasteiger partial charge in [0, 0.05) is 18.8 Å². The van der Waals surface area contributed by atoms with Crippen LogP contribution < -0.4 is 5.32 Å². The van der Waals surface area contributed by atoms with E-state index in [2.05, 4.69) is 5.32 Å². The zero-order valence-corrected chi connectivity index (χ0v) is 12.3. The number of thiophene rings is 1. The van der Waals surface area contributed by atoms with Crippen molar-refractivity contribution in [3.05, 3.63) is 22.4 Å². The molecule has 1 unspecified atom stereocenters. The van der Waals surface area contributed by atoms with Gasteiger partial charge in [-0.1, -0.05) is 17.8 Å². The molecule has 0 radical (unpaired) electrons. The summed E-state index contributed by atoms with van der Waals surface area (Å²) in [6.45, 7) is 0.882. The van der Waals surface area contributed by atoms with Gasteiger partial charge in [0.15, 0.2) is 0 Å². The van der Waals surface area contributed by atoms with Gasteiger partial charge in [-0.05, 0) is 17.9 Å². The number of nitrogens with zero attached hydrogens (tertiary/aromatic N) is 1. The predicted octanol–water partition coefficient (Wildman–Crippen LogP) is 0.968. The molecule has 2 saturated heterocycles. The predicted molar refractivity (Wildman–Crippen MR) is 77.7 cm³/mol. The van der Waals surface area contributed by atoms with Crippen molar-refractivity contribution in [3.63, 3.8) is 0 Å². The van der Waals surface area contributed by atoms with E-state index in [4.69, 9.17) is 0 Å². The lowest BCUT2D eigenvalue weighted by atomic mass is 9.98. The Balaban J connectivity index is 1.49. The summed E-state index contributed by atoms with van der Waals surface area (Å²) in [5, 5.41) is 4.69. The molecule has 1 atom stereocenters. The molecule has 5 nitrogen and oxygen atoms in total. The molecule has 3 rings (SSSR count). The quantitative estimate of drug-likeness (QED) is 0.903. The molecule has 2 aliphatic rings. The van der Waals surface area contributed by atoms with E-state index in [9.17, 15) is 14.4 Å². The lowest BCUT2D eigenvalue weighted by Gasteiger charge is -2.38. The fourth-order valence-electron chi connectivity index (χ4n) is 2.28. The fourth-order valence-corrected chi connectivity index (χ4v) is 3.91. The van der Waals surface area contributed by atoms with Crippen LogP contribution in [-0.4, -0.2) is 46.7 Å². The summed E-state index contributed by atoms with van der Waals surface area (Å²) in [4.78, 5) is 37.8. The molecule has 2 aliphatic heterocycles. The molecule has 0 aliphatic carbocycles. The molecular formula is C13H14N2O3S2. The maximum absolute atomic E-state index is 12.0. The largest absolute Gasteiger partial charge is 0.345 e. The minimum Gasteiger partial charge on any atom is -0.345 e. The molecule has 106 valence electrons. The minimum absolute atomic E-state index is 0.0171. The summed E-state index contributed by atoms with van der Waals surface area (Å²) in [6.07, 6.45) is 0.708. The zero-order valence-electron chi connectivity index (χ0n) is 10.7. The van der Waals surface area contributed by atoms with Gasteiger partial charge >= 0.3 is 0 Å². The first-order valence-corrected chi connectivity index (χ1v) is 8.31. The van der Waals surface area contributed by atoms with Gasteiger partial charge in [-0.2, -0.15) is 0 Å². The number of hydrogen-bond acceptors (Lipinski definition) is 5. The van der Waals surface area contributed by atoms with Gasteiger partial charge in [-0.15, -0.1) is 11.3 Å². The van der Waals surface area contributed by atoms with Crippen LogP contribution in [0.2, 0.25) is 0 Å². The van der Waals surface area contributed by atoms with E-state index in [0.29, 0.717) is 24.4 Å². The number of hydrogen-bond donors (Lipinski definition) is 1. The Kier molecular flexibility index (Phi) is 3.80. The molecular weight excluding hydrogens is 296 g/mol. The van der Waals surface area contributed by atoms with E-state index in [1.54, 1.807) is 11.0 Å². The summed E-state index contributed by atoms with van der Waals surface area (Å²) in [7, 11) is 0. The average molecular weight is 310 g/mol. The topological polar surface area (TPSA) is 66.5 Å². The van der Waals surface area contributed by atoms with Crippen LogP contribution in [-0.2, 0) is 9.59 Å². The van der Waals surface area contributed by atoms with E-state index in [0.717, 1.165) is 5.75 Å². The number of likely N-dealkylation sites (tertiary alicyclic amines) is 1. The SMILES string of the molecule is O=C(NC1CCSC1=O)C1CN(C(=O)c2cccs2)C1. The number of carbonyl (C=O) groups is 3. The fraction of sp³-hybridized carbons (Fsp3) is 0.462. The van der Waals surface area contributed by atoms with Gasteiger partial charge in [0.1, 0.15) is 0 Å². The van der Waals surface area contributed by atoms with Gasteiger partial charge in [0.25, 0.3) is 5.91 Å². The van der Waals surface area contributed by atoms with Gasteiger partial charge in [0.2, 0.25) is 11.0 Å². The molecule has 0 bridgehead atoms. The maximum atomic E-state index is 12.0. The highest BCUT2D eigenvalue weighted by molar-refractivity contribution is 8.14. The van der Waals surface area contributed by atoms with Crippen molar-refractivity contribution in [2.24, 2.45) is 5.92 Å². The van der Waals surface area contributed by atoms with Crippen LogP contribution in [0.1, 0.15) is 16.1 Å². The second-order valence-corrected chi connectivity index (χ2v) is 6.95. The summed E-state index contributed by atoms with van der Waals surface area (Å²) >= 11 is 2.68. The van der Waals surface area contributed by atoms with Crippen molar-refractivity contribution in [1.82, 2.24) is 10.2 Å². The maximum Gasteiger partial charge on any atom is 0.263 e. The van der Waals surface area contributed by atoms with Crippen LogP contribution in [0, 0.1) is 5.92 Å². The summed E-state index contributed by atoms with van der Waals surface area (Å²) in [5.41, 5.74) is 0. The first-order valence-electron chi connectivity index (χ1n) is 6.45. The summed E-state index contributed by atoms with van der Waals surface area (Å²) in [6, 6.07) is 3.29. The highest BCUT2D eigenvalue weighted by atomic mass is 32.2. The van der Waals surface area contributed by atoms with Crippen LogP contribution in [0.3, 0.4) is 0 Å². The van der Waals surface area contributed by atoms with Crippen LogP contribution in [0.5, 0.6) is 0 Å². The third-order valence-electron chi connectivity index (χ3n) is 3.52. The van der Waals surface area contributed by atoms with Crippen LogP contribution in [0.15, 0.2) is 17.5 Å². The Labute approximate surface area is 124 Å². The molecule has 0 aromatic carbocycles. The van der Waals surface area contributed by atoms with Crippen molar-refractivity contribution in [2.75, 3.05) is 18.8 Å². The highest BCUT2D eigenvalue weighted by Gasteiger charge is 2.38. The highest BCUT2D eigenvalue weighted by Crippen LogP contribution is 2.23. The number of nitrogens with one attached hydrogen (secondary N) is 1. The Bertz CT molecular complexity index is 538. The van der Waals surface area contributed by atoms with Crippen LogP contribution >= 0.6 is 23.1 Å². The molecule has 1 aromatic rings. The van der Waals surface area contributed by atoms with Gasteiger partial charge in [-0.3, -0.25) is 14.4 Å². The summed E-state index contributed by atoms with van der Waals surface area (Å²) in [5.74, 6) is 0.465. The van der Waals surface area contributed by atoms with Crippen molar-refractivity contribution in [1.29, 1.82) is 0 Å². The number of thioether (sulfide) groups is 1. The Morgan fingerprint density at radius 1 is 1.35 bits per heavy atom. The second kappa shape index (κ2) is 5.57. The van der Waals surface area contributed by atoms with E-state index >= 15 is 0 Å². The first-order chi connectivity index (χ1) is 9.65. The molecule has 0 spiro atoms. The van der Waals surface area contributed by atoms with Crippen molar-refractivity contribution in [3.8, 4) is 0 Å². The van der Waals surface area contributed by atoms with E-state index in [1.165, 1.54) is 23.1 Å². The molecule has 2 amide bonds. The Morgan fingerprint density at radius 2 is 2.15 bits per heavy atom. The molecule has 0 saturated carbocycles. The van der Waals surface area contributed by atoms with Crippen LogP contribution in [0.25, 0.3) is 0 Å². The lowest BCUT2D eigenvalue weighted by Crippen LogP contribution is -2.57. The standard InChI is InChI=1S/C13H14N2O3S2/c16-11(14-9-3-5-20-13(9)18)8-6-15(7-8)12(17)10-2-1-4-19-10/h1-2,4,8-9H,3,5-7H2,(H,14,16).